The molecule has 3 nitrogen and oxygen atoms in total. The van der Waals surface area contributed by atoms with Gasteiger partial charge in [0.2, 0.25) is 0 Å². The van der Waals surface area contributed by atoms with Crippen molar-refractivity contribution in [3.8, 4) is 0 Å². The lowest BCUT2D eigenvalue weighted by atomic mass is 10.0. The van der Waals surface area contributed by atoms with Crippen LogP contribution in [-0.4, -0.2) is 17.4 Å². The van der Waals surface area contributed by atoms with Crippen molar-refractivity contribution in [2.75, 3.05) is 11.9 Å². The molecule has 1 aliphatic rings. The van der Waals surface area contributed by atoms with Gasteiger partial charge in [0.15, 0.2) is 0 Å². The van der Waals surface area contributed by atoms with Gasteiger partial charge in [-0.3, -0.25) is 4.79 Å². The second-order valence-electron chi connectivity index (χ2n) is 5.95. The van der Waals surface area contributed by atoms with E-state index in [1.54, 1.807) is 6.08 Å². The second-order valence-corrected chi connectivity index (χ2v) is 5.95. The summed E-state index contributed by atoms with van der Waals surface area (Å²) < 4.78 is 0. The first-order valence-corrected chi connectivity index (χ1v) is 8.04. The highest BCUT2D eigenvalue weighted by molar-refractivity contribution is 6.02. The molecule has 0 aliphatic carbocycles. The summed E-state index contributed by atoms with van der Waals surface area (Å²) in [5, 5.41) is 5.86. The van der Waals surface area contributed by atoms with Crippen LogP contribution in [0, 0.1) is 0 Å². The van der Waals surface area contributed by atoms with E-state index in [-0.39, 0.29) is 12.1 Å². The number of nitrogens with one attached hydrogen (secondary N) is 1. The molecule has 0 aromatic heterocycles. The maximum atomic E-state index is 12.9. The molecular weight excluding hydrogens is 296 g/mol. The maximum absolute atomic E-state index is 12.9. The minimum Gasteiger partial charge on any atom is -0.361 e. The van der Waals surface area contributed by atoms with Gasteiger partial charge in [0.05, 0.1) is 5.56 Å². The van der Waals surface area contributed by atoms with Crippen LogP contribution in [0.2, 0.25) is 0 Å². The number of nitrogens with zero attached hydrogens (tertiary/aromatic N) is 1. The Morgan fingerprint density at radius 3 is 2.58 bits per heavy atom. The number of hydrogen-bond acceptors (Lipinski definition) is 2. The number of rotatable bonds is 3. The molecule has 24 heavy (non-hydrogen) atoms. The average Bonchev–Trinajstić information content (AvgIpc) is 2.63. The predicted octanol–water partition coefficient (Wildman–Crippen LogP) is 4.59. The number of anilines is 1. The van der Waals surface area contributed by atoms with E-state index >= 15 is 0 Å². The molecule has 1 amide bonds. The van der Waals surface area contributed by atoms with Crippen molar-refractivity contribution in [2.45, 2.75) is 6.17 Å². The van der Waals surface area contributed by atoms with E-state index in [1.807, 2.05) is 41.3 Å². The van der Waals surface area contributed by atoms with Crippen LogP contribution >= 0.6 is 0 Å². The first-order valence-electron chi connectivity index (χ1n) is 8.04. The van der Waals surface area contributed by atoms with Crippen LogP contribution in [0.4, 0.5) is 5.69 Å². The van der Waals surface area contributed by atoms with E-state index in [4.69, 9.17) is 0 Å². The van der Waals surface area contributed by atoms with E-state index in [0.29, 0.717) is 12.1 Å². The largest absolute Gasteiger partial charge is 0.361 e. The Morgan fingerprint density at radius 1 is 1.00 bits per heavy atom. The molecule has 0 fully saturated rings. The SMILES string of the molecule is C=CCN1C(=O)c2ccccc2NC1c1ccc2ccccc2c1. The standard InChI is InChI=1S/C21H18N2O/c1-2-13-23-20(22-19-10-6-5-9-18(19)21(23)24)17-12-11-15-7-3-4-8-16(15)14-17/h2-12,14,20,22H,1,13H2. The third kappa shape index (κ3) is 2.35. The summed E-state index contributed by atoms with van der Waals surface area (Å²) >= 11 is 0. The molecule has 1 atom stereocenters. The second kappa shape index (κ2) is 5.85. The number of carbonyl (C=O) groups is 1. The smallest absolute Gasteiger partial charge is 0.258 e. The van der Waals surface area contributed by atoms with Gasteiger partial charge in [0, 0.05) is 12.2 Å². The van der Waals surface area contributed by atoms with Gasteiger partial charge in [0.25, 0.3) is 5.91 Å². The lowest BCUT2D eigenvalue weighted by Gasteiger charge is -2.37. The Bertz CT molecular complexity index is 932. The third-order valence-corrected chi connectivity index (χ3v) is 4.44. The molecule has 4 rings (SSSR count). The van der Waals surface area contributed by atoms with Gasteiger partial charge in [-0.1, -0.05) is 54.6 Å². The molecule has 1 heterocycles. The Labute approximate surface area is 141 Å². The summed E-state index contributed by atoms with van der Waals surface area (Å²) in [6.45, 7) is 4.30. The summed E-state index contributed by atoms with van der Waals surface area (Å²) in [6.07, 6.45) is 1.57. The molecule has 0 radical (unpaired) electrons. The van der Waals surface area contributed by atoms with Gasteiger partial charge in [-0.05, 0) is 34.5 Å². The van der Waals surface area contributed by atoms with Gasteiger partial charge in [-0.2, -0.15) is 0 Å². The topological polar surface area (TPSA) is 32.3 Å². The third-order valence-electron chi connectivity index (χ3n) is 4.44. The van der Waals surface area contributed by atoms with Gasteiger partial charge in [0.1, 0.15) is 6.17 Å². The van der Waals surface area contributed by atoms with Gasteiger partial charge in [-0.25, -0.2) is 0 Å². The minimum atomic E-state index is -0.199. The zero-order valence-corrected chi connectivity index (χ0v) is 13.3. The molecule has 3 aromatic rings. The van der Waals surface area contributed by atoms with Crippen molar-refractivity contribution in [1.82, 2.24) is 4.90 Å². The lowest BCUT2D eigenvalue weighted by Crippen LogP contribution is -2.42. The molecule has 0 saturated heterocycles. The fraction of sp³-hybridized carbons (Fsp3) is 0.0952. The summed E-state index contributed by atoms with van der Waals surface area (Å²) in [7, 11) is 0. The maximum Gasteiger partial charge on any atom is 0.258 e. The molecule has 118 valence electrons. The Hall–Kier alpha value is -3.07. The van der Waals surface area contributed by atoms with Crippen LogP contribution in [0.3, 0.4) is 0 Å². The zero-order valence-electron chi connectivity index (χ0n) is 13.3. The molecule has 1 N–H and O–H groups in total. The fourth-order valence-electron chi connectivity index (χ4n) is 3.26. The monoisotopic (exact) mass is 314 g/mol. The van der Waals surface area contributed by atoms with Crippen LogP contribution in [0.15, 0.2) is 79.4 Å². The summed E-state index contributed by atoms with van der Waals surface area (Å²) in [5.41, 5.74) is 2.65. The van der Waals surface area contributed by atoms with E-state index < -0.39 is 0 Å². The minimum absolute atomic E-state index is 0.0300. The molecule has 1 aliphatic heterocycles. The lowest BCUT2D eigenvalue weighted by molar-refractivity contribution is 0.0707. The van der Waals surface area contributed by atoms with Crippen molar-refractivity contribution >= 4 is 22.4 Å². The van der Waals surface area contributed by atoms with Crippen LogP contribution in [-0.2, 0) is 0 Å². The highest BCUT2D eigenvalue weighted by Crippen LogP contribution is 2.33. The summed E-state index contributed by atoms with van der Waals surface area (Å²) in [4.78, 5) is 14.7. The zero-order chi connectivity index (χ0) is 16.5. The number of amides is 1. The van der Waals surface area contributed by atoms with Crippen molar-refractivity contribution in [1.29, 1.82) is 0 Å². The molecular formula is C21H18N2O. The quantitative estimate of drug-likeness (QED) is 0.717. The van der Waals surface area contributed by atoms with Crippen molar-refractivity contribution in [3.05, 3.63) is 90.5 Å². The first kappa shape index (κ1) is 14.5. The van der Waals surface area contributed by atoms with Crippen LogP contribution in [0.5, 0.6) is 0 Å². The highest BCUT2D eigenvalue weighted by Gasteiger charge is 2.31. The van der Waals surface area contributed by atoms with Gasteiger partial charge >= 0.3 is 0 Å². The predicted molar refractivity (Wildman–Crippen MR) is 98.0 cm³/mol. The van der Waals surface area contributed by atoms with E-state index in [9.17, 15) is 4.79 Å². The molecule has 3 aromatic carbocycles. The van der Waals surface area contributed by atoms with E-state index in [2.05, 4.69) is 42.2 Å². The average molecular weight is 314 g/mol. The number of benzene rings is 3. The fourth-order valence-corrected chi connectivity index (χ4v) is 3.26. The Morgan fingerprint density at radius 2 is 1.75 bits per heavy atom. The Kier molecular flexibility index (Phi) is 3.54. The number of fused-ring (bicyclic) bond motifs is 2. The number of para-hydroxylation sites is 1. The van der Waals surface area contributed by atoms with Crippen molar-refractivity contribution < 1.29 is 4.79 Å². The molecule has 0 spiro atoms. The highest BCUT2D eigenvalue weighted by atomic mass is 16.2. The van der Waals surface area contributed by atoms with E-state index in [0.717, 1.165) is 11.3 Å². The number of carbonyl (C=O) groups excluding carboxylic acids is 1. The normalized spacial score (nSPS) is 16.6. The van der Waals surface area contributed by atoms with Crippen molar-refractivity contribution in [2.24, 2.45) is 0 Å². The van der Waals surface area contributed by atoms with Crippen LogP contribution < -0.4 is 5.32 Å². The molecule has 0 bridgehead atoms. The van der Waals surface area contributed by atoms with Crippen LogP contribution in [0.1, 0.15) is 22.1 Å². The van der Waals surface area contributed by atoms with E-state index in [1.165, 1.54) is 10.8 Å². The van der Waals surface area contributed by atoms with Gasteiger partial charge in [-0.15, -0.1) is 6.58 Å². The number of hydrogen-bond donors (Lipinski definition) is 1. The van der Waals surface area contributed by atoms with Gasteiger partial charge < -0.3 is 10.2 Å². The Balaban J connectivity index is 1.81. The first-order chi connectivity index (χ1) is 11.8. The summed E-state index contributed by atoms with van der Waals surface area (Å²) in [6, 6.07) is 22.2. The molecule has 3 heteroatoms. The molecule has 0 saturated carbocycles. The molecule has 1 unspecified atom stereocenters. The van der Waals surface area contributed by atoms with Crippen LogP contribution in [0.25, 0.3) is 10.8 Å². The summed E-state index contributed by atoms with van der Waals surface area (Å²) in [5.74, 6) is 0.0300. The van der Waals surface area contributed by atoms with Crippen molar-refractivity contribution in [3.63, 3.8) is 0 Å².